The zero-order chi connectivity index (χ0) is 17.5. The molecule has 8 nitrogen and oxygen atoms in total. The molecule has 2 aromatic rings. The molecule has 0 aliphatic heterocycles. The summed E-state index contributed by atoms with van der Waals surface area (Å²) in [6.07, 6.45) is 10.1. The lowest BCUT2D eigenvalue weighted by Crippen LogP contribution is -2.25. The van der Waals surface area contributed by atoms with Gasteiger partial charge in [0.1, 0.15) is 0 Å². The molecule has 2 amide bonds. The quantitative estimate of drug-likeness (QED) is 0.598. The van der Waals surface area contributed by atoms with Crippen molar-refractivity contribution in [3.63, 3.8) is 0 Å². The summed E-state index contributed by atoms with van der Waals surface area (Å²) in [5.74, 6) is -1.29. The van der Waals surface area contributed by atoms with Gasteiger partial charge >= 0.3 is 0 Å². The van der Waals surface area contributed by atoms with Crippen LogP contribution >= 0.6 is 0 Å². The fourth-order valence-corrected chi connectivity index (χ4v) is 2.18. The van der Waals surface area contributed by atoms with Crippen molar-refractivity contribution in [3.8, 4) is 0 Å². The van der Waals surface area contributed by atoms with Gasteiger partial charge < -0.3 is 0 Å². The molecule has 126 valence electrons. The number of hydrogen-bond donors (Lipinski definition) is 2. The third kappa shape index (κ3) is 4.77. The van der Waals surface area contributed by atoms with Gasteiger partial charge in [-0.2, -0.15) is 10.2 Å². The number of rotatable bonds is 6. The van der Waals surface area contributed by atoms with Gasteiger partial charge in [-0.3, -0.25) is 19.6 Å². The van der Waals surface area contributed by atoms with Gasteiger partial charge in [0, 0.05) is 24.8 Å². The Kier molecular flexibility index (Phi) is 5.20. The monoisotopic (exact) mass is 336 g/mol. The molecule has 2 aromatic heterocycles. The zero-order valence-electron chi connectivity index (χ0n) is 13.2. The maximum absolute atomic E-state index is 11.9. The highest BCUT2D eigenvalue weighted by atomic mass is 16.2. The molecule has 0 bridgehead atoms. The van der Waals surface area contributed by atoms with Gasteiger partial charge in [-0.05, 0) is 41.8 Å². The van der Waals surface area contributed by atoms with Crippen LogP contribution in [-0.2, 0) is 9.59 Å². The first-order valence-electron chi connectivity index (χ1n) is 7.70. The molecule has 0 saturated heterocycles. The number of carbonyl (C=O) groups excluding carboxylic acids is 2. The van der Waals surface area contributed by atoms with Crippen LogP contribution in [-0.4, -0.2) is 34.2 Å². The van der Waals surface area contributed by atoms with Gasteiger partial charge in [0.05, 0.1) is 24.3 Å². The number of aromatic nitrogens is 2. The second kappa shape index (κ2) is 7.91. The van der Waals surface area contributed by atoms with Crippen molar-refractivity contribution in [1.29, 1.82) is 0 Å². The normalized spacial score (nSPS) is 19.0. The van der Waals surface area contributed by atoms with Crippen molar-refractivity contribution in [2.45, 2.75) is 6.42 Å². The van der Waals surface area contributed by atoms with Crippen molar-refractivity contribution in [3.05, 3.63) is 60.2 Å². The summed E-state index contributed by atoms with van der Waals surface area (Å²) in [4.78, 5) is 31.7. The summed E-state index contributed by atoms with van der Waals surface area (Å²) >= 11 is 0. The van der Waals surface area contributed by atoms with Gasteiger partial charge in [-0.15, -0.1) is 0 Å². The zero-order valence-corrected chi connectivity index (χ0v) is 13.2. The van der Waals surface area contributed by atoms with Crippen LogP contribution in [0.5, 0.6) is 0 Å². The van der Waals surface area contributed by atoms with Crippen LogP contribution in [0.1, 0.15) is 17.5 Å². The molecular weight excluding hydrogens is 320 g/mol. The van der Waals surface area contributed by atoms with E-state index < -0.39 is 0 Å². The SMILES string of the molecule is O=C(N/N=C\c1ccncc1)C1CC1C(=O)N/N=C\c1ccncc1. The number of amides is 2. The Hall–Kier alpha value is -3.42. The molecule has 2 atom stereocenters. The molecule has 2 heterocycles. The number of nitrogens with one attached hydrogen (secondary N) is 2. The van der Waals surface area contributed by atoms with Crippen molar-refractivity contribution >= 4 is 24.2 Å². The highest BCUT2D eigenvalue weighted by Gasteiger charge is 2.48. The van der Waals surface area contributed by atoms with E-state index in [0.717, 1.165) is 11.1 Å². The highest BCUT2D eigenvalue weighted by molar-refractivity contribution is 5.93. The minimum atomic E-state index is -0.370. The summed E-state index contributed by atoms with van der Waals surface area (Å²) in [6.45, 7) is 0. The van der Waals surface area contributed by atoms with Crippen molar-refractivity contribution in [1.82, 2.24) is 20.8 Å². The summed E-state index contributed by atoms with van der Waals surface area (Å²) < 4.78 is 0. The minimum absolute atomic E-state index is 0.274. The van der Waals surface area contributed by atoms with E-state index in [-0.39, 0.29) is 23.7 Å². The Morgan fingerprint density at radius 2 is 1.24 bits per heavy atom. The predicted molar refractivity (Wildman–Crippen MR) is 91.5 cm³/mol. The van der Waals surface area contributed by atoms with Gasteiger partial charge in [0.15, 0.2) is 0 Å². The molecular formula is C17H16N6O2. The predicted octanol–water partition coefficient (Wildman–Crippen LogP) is 0.713. The van der Waals surface area contributed by atoms with E-state index in [0.29, 0.717) is 6.42 Å². The molecule has 3 rings (SSSR count). The average molecular weight is 336 g/mol. The van der Waals surface area contributed by atoms with Crippen LogP contribution in [0, 0.1) is 11.8 Å². The number of hydrogen-bond acceptors (Lipinski definition) is 6. The smallest absolute Gasteiger partial charge is 0.244 e. The van der Waals surface area contributed by atoms with Crippen LogP contribution in [0.4, 0.5) is 0 Å². The maximum Gasteiger partial charge on any atom is 0.244 e. The van der Waals surface area contributed by atoms with Crippen LogP contribution in [0.15, 0.2) is 59.3 Å². The van der Waals surface area contributed by atoms with E-state index >= 15 is 0 Å². The van der Waals surface area contributed by atoms with E-state index in [2.05, 4.69) is 31.0 Å². The number of nitrogens with zero attached hydrogens (tertiary/aromatic N) is 4. The lowest BCUT2D eigenvalue weighted by molar-refractivity contribution is -0.127. The van der Waals surface area contributed by atoms with Crippen molar-refractivity contribution in [2.24, 2.45) is 22.0 Å². The Bertz CT molecular complexity index is 724. The van der Waals surface area contributed by atoms with Crippen molar-refractivity contribution < 1.29 is 9.59 Å². The molecule has 8 heteroatoms. The average Bonchev–Trinajstić information content (AvgIpc) is 3.44. The molecule has 0 spiro atoms. The first kappa shape index (κ1) is 16.4. The molecule has 0 radical (unpaired) electrons. The van der Waals surface area contributed by atoms with Gasteiger partial charge in [-0.1, -0.05) is 0 Å². The lowest BCUT2D eigenvalue weighted by Gasteiger charge is -1.99. The first-order valence-corrected chi connectivity index (χ1v) is 7.70. The number of carbonyl (C=O) groups is 2. The van der Waals surface area contributed by atoms with E-state index in [4.69, 9.17) is 0 Å². The second-order valence-corrected chi connectivity index (χ2v) is 5.48. The Morgan fingerprint density at radius 3 is 1.64 bits per heavy atom. The minimum Gasteiger partial charge on any atom is -0.273 e. The first-order chi connectivity index (χ1) is 12.2. The van der Waals surface area contributed by atoms with Gasteiger partial charge in [0.25, 0.3) is 0 Å². The molecule has 2 N–H and O–H groups in total. The fraction of sp³-hybridized carbons (Fsp3) is 0.176. The van der Waals surface area contributed by atoms with Crippen LogP contribution in [0.25, 0.3) is 0 Å². The summed E-state index contributed by atoms with van der Waals surface area (Å²) in [7, 11) is 0. The Morgan fingerprint density at radius 1 is 0.840 bits per heavy atom. The van der Waals surface area contributed by atoms with E-state index in [1.165, 1.54) is 12.4 Å². The van der Waals surface area contributed by atoms with Crippen LogP contribution < -0.4 is 10.9 Å². The largest absolute Gasteiger partial charge is 0.273 e. The molecule has 1 fully saturated rings. The molecule has 1 aliphatic rings. The molecule has 25 heavy (non-hydrogen) atoms. The highest BCUT2D eigenvalue weighted by Crippen LogP contribution is 2.38. The van der Waals surface area contributed by atoms with E-state index in [9.17, 15) is 9.59 Å². The third-order valence-electron chi connectivity index (χ3n) is 3.65. The fourth-order valence-electron chi connectivity index (χ4n) is 2.18. The Labute approximate surface area is 144 Å². The van der Waals surface area contributed by atoms with Crippen molar-refractivity contribution in [2.75, 3.05) is 0 Å². The van der Waals surface area contributed by atoms with Crippen LogP contribution in [0.2, 0.25) is 0 Å². The molecule has 0 aromatic carbocycles. The standard InChI is InChI=1S/C17H16N6O2/c24-16(22-20-10-12-1-5-18-6-2-12)14-9-15(14)17(25)23-21-11-13-3-7-19-8-4-13/h1-8,10-11,14-15H,9H2,(H,22,24)(H,23,25)/b20-10-,21-11-. The van der Waals surface area contributed by atoms with E-state index in [1.807, 2.05) is 0 Å². The maximum atomic E-state index is 11.9. The third-order valence-corrected chi connectivity index (χ3v) is 3.65. The molecule has 1 aliphatic carbocycles. The number of hydrazone groups is 2. The van der Waals surface area contributed by atoms with Gasteiger partial charge in [-0.25, -0.2) is 10.9 Å². The molecule has 1 saturated carbocycles. The summed E-state index contributed by atoms with van der Waals surface area (Å²) in [5.41, 5.74) is 6.54. The lowest BCUT2D eigenvalue weighted by atomic mass is 10.3. The van der Waals surface area contributed by atoms with Crippen LogP contribution in [0.3, 0.4) is 0 Å². The second-order valence-electron chi connectivity index (χ2n) is 5.48. The Balaban J connectivity index is 1.42. The summed E-state index contributed by atoms with van der Waals surface area (Å²) in [6, 6.07) is 7.07. The van der Waals surface area contributed by atoms with E-state index in [1.54, 1.807) is 49.1 Å². The number of pyridine rings is 2. The summed E-state index contributed by atoms with van der Waals surface area (Å²) in [5, 5.41) is 7.76. The van der Waals surface area contributed by atoms with Gasteiger partial charge in [0.2, 0.25) is 11.8 Å². The molecule has 2 unspecified atom stereocenters. The topological polar surface area (TPSA) is 109 Å².